The summed E-state index contributed by atoms with van der Waals surface area (Å²) in [7, 11) is 0. The van der Waals surface area contributed by atoms with Crippen LogP contribution in [0.3, 0.4) is 0 Å². The summed E-state index contributed by atoms with van der Waals surface area (Å²) in [5.74, 6) is 0.367. The largest absolute Gasteiger partial charge is 0.268 e. The molecule has 138 valence electrons. The van der Waals surface area contributed by atoms with Gasteiger partial charge in [-0.1, -0.05) is 58.4 Å². The zero-order valence-electron chi connectivity index (χ0n) is 15.1. The van der Waals surface area contributed by atoms with Crippen LogP contribution in [0, 0.1) is 6.92 Å². The number of benzene rings is 3. The number of nitrogens with one attached hydrogen (secondary N) is 1. The van der Waals surface area contributed by atoms with E-state index in [1.54, 1.807) is 16.8 Å². The van der Waals surface area contributed by atoms with Crippen LogP contribution in [-0.4, -0.2) is 15.8 Å². The first-order valence-corrected chi connectivity index (χ1v) is 9.55. The van der Waals surface area contributed by atoms with Crippen molar-refractivity contribution in [1.29, 1.82) is 0 Å². The van der Waals surface area contributed by atoms with Crippen LogP contribution in [0.2, 0.25) is 0 Å². The minimum atomic E-state index is -0.138. The minimum Gasteiger partial charge on any atom is -0.268 e. The molecule has 1 N–H and O–H groups in total. The quantitative estimate of drug-likeness (QED) is 0.368. The Labute approximate surface area is 170 Å². The molecule has 28 heavy (non-hydrogen) atoms. The maximum Gasteiger partial charge on any atom is 0.267 e. The van der Waals surface area contributed by atoms with Gasteiger partial charge in [-0.2, -0.15) is 5.10 Å². The van der Waals surface area contributed by atoms with Crippen molar-refractivity contribution >= 4 is 39.0 Å². The number of para-hydroxylation sites is 2. The van der Waals surface area contributed by atoms with Crippen LogP contribution >= 0.6 is 15.9 Å². The Hall–Kier alpha value is -3.25. The highest BCUT2D eigenvalue weighted by Crippen LogP contribution is 2.19. The molecule has 4 rings (SSSR count). The van der Waals surface area contributed by atoms with Gasteiger partial charge in [-0.05, 0) is 48.4 Å². The highest BCUT2D eigenvalue weighted by atomic mass is 79.9. The van der Waals surface area contributed by atoms with Crippen LogP contribution in [0.1, 0.15) is 11.1 Å². The maximum absolute atomic E-state index is 13.2. The van der Waals surface area contributed by atoms with Crippen LogP contribution in [0.4, 0.5) is 5.95 Å². The summed E-state index contributed by atoms with van der Waals surface area (Å²) >= 11 is 3.42. The van der Waals surface area contributed by atoms with Gasteiger partial charge in [-0.3, -0.25) is 4.79 Å². The van der Waals surface area contributed by atoms with Gasteiger partial charge in [0.1, 0.15) is 0 Å². The molecule has 0 saturated heterocycles. The summed E-state index contributed by atoms with van der Waals surface area (Å²) in [6.45, 7) is 1.96. The molecule has 0 aliphatic rings. The fourth-order valence-corrected chi connectivity index (χ4v) is 3.22. The van der Waals surface area contributed by atoms with Crippen LogP contribution in [0.25, 0.3) is 16.6 Å². The molecule has 5 nitrogen and oxygen atoms in total. The molecule has 4 aromatic rings. The Morgan fingerprint density at radius 2 is 1.71 bits per heavy atom. The van der Waals surface area contributed by atoms with E-state index < -0.39 is 0 Å². The van der Waals surface area contributed by atoms with Crippen LogP contribution in [0.5, 0.6) is 0 Å². The number of hydrogen-bond donors (Lipinski definition) is 1. The smallest absolute Gasteiger partial charge is 0.267 e. The van der Waals surface area contributed by atoms with E-state index in [-0.39, 0.29) is 5.56 Å². The number of hydrogen-bond acceptors (Lipinski definition) is 4. The number of nitrogens with zero attached hydrogens (tertiary/aromatic N) is 3. The molecule has 0 amide bonds. The lowest BCUT2D eigenvalue weighted by Gasteiger charge is -2.14. The Balaban J connectivity index is 1.82. The summed E-state index contributed by atoms with van der Waals surface area (Å²) in [5, 5.41) is 4.86. The van der Waals surface area contributed by atoms with Gasteiger partial charge in [0.15, 0.2) is 0 Å². The molecular weight excluding hydrogens is 416 g/mol. The predicted molar refractivity (Wildman–Crippen MR) is 117 cm³/mol. The Kier molecular flexibility index (Phi) is 5.04. The number of hydrazone groups is 1. The van der Waals surface area contributed by atoms with Crippen molar-refractivity contribution in [1.82, 2.24) is 9.55 Å². The van der Waals surface area contributed by atoms with E-state index in [2.05, 4.69) is 31.4 Å². The molecule has 0 aliphatic heterocycles. The van der Waals surface area contributed by atoms with E-state index in [0.29, 0.717) is 16.9 Å². The normalized spacial score (nSPS) is 11.2. The van der Waals surface area contributed by atoms with Gasteiger partial charge in [0.2, 0.25) is 5.95 Å². The third-order valence-electron chi connectivity index (χ3n) is 4.38. The third kappa shape index (κ3) is 3.59. The van der Waals surface area contributed by atoms with E-state index in [1.165, 1.54) is 0 Å². The summed E-state index contributed by atoms with van der Waals surface area (Å²) in [6.07, 6.45) is 1.69. The third-order valence-corrected chi connectivity index (χ3v) is 4.91. The molecule has 0 bridgehead atoms. The second kappa shape index (κ2) is 7.78. The van der Waals surface area contributed by atoms with Crippen molar-refractivity contribution in [2.24, 2.45) is 5.10 Å². The van der Waals surface area contributed by atoms with Crippen molar-refractivity contribution in [3.8, 4) is 5.69 Å². The van der Waals surface area contributed by atoms with Gasteiger partial charge >= 0.3 is 0 Å². The lowest BCUT2D eigenvalue weighted by atomic mass is 10.2. The first-order chi connectivity index (χ1) is 13.6. The molecular formula is C22H17BrN4O. The first kappa shape index (κ1) is 18.1. The minimum absolute atomic E-state index is 0.138. The van der Waals surface area contributed by atoms with Crippen LogP contribution < -0.4 is 11.0 Å². The molecule has 0 fully saturated rings. The Morgan fingerprint density at radius 3 is 2.50 bits per heavy atom. The number of aryl methyl sites for hydroxylation is 1. The summed E-state index contributed by atoms with van der Waals surface area (Å²) in [4.78, 5) is 17.8. The van der Waals surface area contributed by atoms with Gasteiger partial charge in [-0.25, -0.2) is 15.0 Å². The second-order valence-corrected chi connectivity index (χ2v) is 7.22. The molecule has 1 heterocycles. The monoisotopic (exact) mass is 432 g/mol. The molecule has 0 spiro atoms. The second-order valence-electron chi connectivity index (χ2n) is 6.30. The van der Waals surface area contributed by atoms with E-state index in [9.17, 15) is 4.79 Å². The highest BCUT2D eigenvalue weighted by Gasteiger charge is 2.13. The molecule has 0 saturated carbocycles. The Morgan fingerprint density at radius 1 is 1.00 bits per heavy atom. The lowest BCUT2D eigenvalue weighted by Crippen LogP contribution is -2.23. The molecule has 0 radical (unpaired) electrons. The fraction of sp³-hybridized carbons (Fsp3) is 0.0455. The molecule has 3 aromatic carbocycles. The Bertz CT molecular complexity index is 1230. The van der Waals surface area contributed by atoms with Gasteiger partial charge in [-0.15, -0.1) is 0 Å². The fourth-order valence-electron chi connectivity index (χ4n) is 2.96. The molecule has 0 aliphatic carbocycles. The van der Waals surface area contributed by atoms with E-state index >= 15 is 0 Å². The topological polar surface area (TPSA) is 59.3 Å². The zero-order valence-corrected chi connectivity index (χ0v) is 16.7. The van der Waals surface area contributed by atoms with Gasteiger partial charge < -0.3 is 0 Å². The first-order valence-electron chi connectivity index (χ1n) is 8.76. The predicted octanol–water partition coefficient (Wildman–Crippen LogP) is 4.90. The SMILES string of the molecule is Cc1ccccc1-n1c(NN=Cc2ccc(Br)cc2)nc2ccccc2c1=O. The highest BCUT2D eigenvalue weighted by molar-refractivity contribution is 9.10. The van der Waals surface area contributed by atoms with Crippen LogP contribution in [-0.2, 0) is 0 Å². The zero-order chi connectivity index (χ0) is 19.5. The number of halogens is 1. The summed E-state index contributed by atoms with van der Waals surface area (Å²) < 4.78 is 2.57. The van der Waals surface area contributed by atoms with Gasteiger partial charge in [0.05, 0.1) is 22.8 Å². The van der Waals surface area contributed by atoms with E-state index in [1.807, 2.05) is 73.7 Å². The molecule has 0 unspecified atom stereocenters. The molecule has 1 aromatic heterocycles. The van der Waals surface area contributed by atoms with Gasteiger partial charge in [0.25, 0.3) is 5.56 Å². The van der Waals surface area contributed by atoms with Crippen molar-refractivity contribution in [2.45, 2.75) is 6.92 Å². The number of aromatic nitrogens is 2. The molecule has 0 atom stereocenters. The van der Waals surface area contributed by atoms with Crippen molar-refractivity contribution in [3.63, 3.8) is 0 Å². The van der Waals surface area contributed by atoms with Gasteiger partial charge in [0, 0.05) is 4.47 Å². The number of fused-ring (bicyclic) bond motifs is 1. The van der Waals surface area contributed by atoms with E-state index in [4.69, 9.17) is 0 Å². The number of rotatable bonds is 4. The maximum atomic E-state index is 13.2. The van der Waals surface area contributed by atoms with Crippen molar-refractivity contribution in [3.05, 3.63) is 98.7 Å². The average Bonchev–Trinajstić information content (AvgIpc) is 2.71. The standard InChI is InChI=1S/C22H17BrN4O/c1-15-6-2-5-9-20(15)27-21(28)18-7-3-4-8-19(18)25-22(27)26-24-14-16-10-12-17(23)13-11-16/h2-14H,1H3,(H,25,26). The molecule has 6 heteroatoms. The van der Waals surface area contributed by atoms with Crippen molar-refractivity contribution in [2.75, 3.05) is 5.43 Å². The van der Waals surface area contributed by atoms with Crippen molar-refractivity contribution < 1.29 is 0 Å². The average molecular weight is 433 g/mol. The lowest BCUT2D eigenvalue weighted by molar-refractivity contribution is 0.947. The van der Waals surface area contributed by atoms with Crippen LogP contribution in [0.15, 0.2) is 87.2 Å². The number of anilines is 1. The van der Waals surface area contributed by atoms with E-state index in [0.717, 1.165) is 21.3 Å². The summed E-state index contributed by atoms with van der Waals surface area (Å²) in [5.41, 5.74) is 6.11. The summed E-state index contributed by atoms with van der Waals surface area (Å²) in [6, 6.07) is 22.8.